The smallest absolute Gasteiger partial charge is 0.387 e. The molecule has 0 unspecified atom stereocenters. The molecule has 1 aromatic heterocycles. The minimum Gasteiger partial charge on any atom is -0.387 e. The van der Waals surface area contributed by atoms with Gasteiger partial charge in [0.15, 0.2) is 6.23 Å². The van der Waals surface area contributed by atoms with E-state index in [2.05, 4.69) is 26.0 Å². The summed E-state index contributed by atoms with van der Waals surface area (Å²) in [6, 6.07) is 8.16. The van der Waals surface area contributed by atoms with Gasteiger partial charge in [-0.3, -0.25) is 27.9 Å². The number of halogens is 1. The van der Waals surface area contributed by atoms with Gasteiger partial charge in [0.2, 0.25) is 5.72 Å². The Kier molecular flexibility index (Phi) is 7.10. The second-order valence-corrected chi connectivity index (χ2v) is 10.0. The highest BCUT2D eigenvalue weighted by Gasteiger charge is 2.56. The summed E-state index contributed by atoms with van der Waals surface area (Å²) in [4.78, 5) is 28.0. The van der Waals surface area contributed by atoms with Crippen molar-refractivity contribution in [3.05, 3.63) is 77.8 Å². The lowest BCUT2D eigenvalue weighted by Gasteiger charge is -2.32. The number of phosphoric acid groups is 1. The van der Waals surface area contributed by atoms with Crippen LogP contribution in [-0.4, -0.2) is 50.9 Å². The third-order valence-electron chi connectivity index (χ3n) is 5.28. The van der Waals surface area contributed by atoms with E-state index in [9.17, 15) is 24.4 Å². The molecule has 0 saturated carbocycles. The van der Waals surface area contributed by atoms with Crippen LogP contribution in [0.25, 0.3) is 10.4 Å². The number of aromatic nitrogens is 2. The fourth-order valence-corrected chi connectivity index (χ4v) is 5.44. The second-order valence-electron chi connectivity index (χ2n) is 7.49. The number of aliphatic hydroxyl groups excluding tert-OH is 2. The highest BCUT2D eigenvalue weighted by Crippen LogP contribution is 2.58. The number of phosphoric ester groups is 1. The minimum atomic E-state index is -4.21. The van der Waals surface area contributed by atoms with E-state index in [0.717, 1.165) is 26.9 Å². The third kappa shape index (κ3) is 4.89. The normalized spacial score (nSPS) is 33.4. The van der Waals surface area contributed by atoms with E-state index in [1.165, 1.54) is 0 Å². The molecule has 0 bridgehead atoms. The number of ether oxygens (including phenoxy) is 1. The second kappa shape index (κ2) is 9.74. The highest BCUT2D eigenvalue weighted by atomic mass is 79.9. The van der Waals surface area contributed by atoms with Crippen LogP contribution in [0.5, 0.6) is 0 Å². The predicted octanol–water partition coefficient (Wildman–Crippen LogP) is 1.86. The van der Waals surface area contributed by atoms with Gasteiger partial charge < -0.3 is 14.9 Å². The van der Waals surface area contributed by atoms with E-state index < -0.39 is 55.9 Å². The number of hydrogen-bond acceptors (Lipinski definition) is 10. The molecular formula is C18H19BrN5O9P. The molecule has 3 heterocycles. The van der Waals surface area contributed by atoms with Crippen LogP contribution in [0.2, 0.25) is 0 Å². The van der Waals surface area contributed by atoms with Crippen molar-refractivity contribution < 1.29 is 33.1 Å². The Balaban J connectivity index is 1.55. The summed E-state index contributed by atoms with van der Waals surface area (Å²) in [5.74, 6) is 0. The van der Waals surface area contributed by atoms with Crippen LogP contribution in [0, 0.1) is 0 Å². The zero-order valence-corrected chi connectivity index (χ0v) is 19.7. The zero-order valence-electron chi connectivity index (χ0n) is 17.3. The van der Waals surface area contributed by atoms with E-state index in [-0.39, 0.29) is 6.61 Å². The zero-order chi connectivity index (χ0) is 24.5. The molecular weight excluding hydrogens is 541 g/mol. The first-order valence-electron chi connectivity index (χ1n) is 9.91. The van der Waals surface area contributed by atoms with Crippen LogP contribution in [0.15, 0.2) is 55.7 Å². The first-order chi connectivity index (χ1) is 16.2. The van der Waals surface area contributed by atoms with E-state index in [1.807, 2.05) is 11.1 Å². The topological polar surface area (TPSA) is 198 Å². The summed E-state index contributed by atoms with van der Waals surface area (Å²) in [6.45, 7) is -0.809. The third-order valence-corrected chi connectivity index (χ3v) is 7.23. The molecule has 4 rings (SSSR count). The van der Waals surface area contributed by atoms with Crippen LogP contribution in [-0.2, 0) is 22.9 Å². The van der Waals surface area contributed by atoms with Gasteiger partial charge in [-0.05, 0) is 23.2 Å². The Morgan fingerprint density at radius 3 is 2.88 bits per heavy atom. The molecule has 2 aromatic rings. The highest BCUT2D eigenvalue weighted by molar-refractivity contribution is 9.10. The largest absolute Gasteiger partial charge is 0.475 e. The maximum atomic E-state index is 13.1. The minimum absolute atomic E-state index is 0.0322. The molecule has 0 radical (unpaired) electrons. The Morgan fingerprint density at radius 2 is 2.18 bits per heavy atom. The number of hydrogen-bond donors (Lipinski definition) is 3. The van der Waals surface area contributed by atoms with Gasteiger partial charge in [-0.25, -0.2) is 9.36 Å². The van der Waals surface area contributed by atoms with Crippen molar-refractivity contribution in [3.63, 3.8) is 0 Å². The van der Waals surface area contributed by atoms with Gasteiger partial charge in [0.25, 0.3) is 5.56 Å². The number of aliphatic hydroxyl groups is 2. The molecule has 182 valence electrons. The SMILES string of the molecule is [N-]=[N+]=N[C@]1(CO[P@]2(=O)OCC[C@H](c3cccc(Br)c3)O2)O[C@@H](n2ccc(=O)[nH]c2=O)[C@H](O)[C@@H]1O. The van der Waals surface area contributed by atoms with Gasteiger partial charge in [0, 0.05) is 28.1 Å². The molecule has 0 amide bonds. The average Bonchev–Trinajstić information content (AvgIpc) is 3.04. The summed E-state index contributed by atoms with van der Waals surface area (Å²) >= 11 is 3.36. The standard InChI is InChI=1S/C18H19BrN5O9P/c19-11-3-1-2-10(8-11)12-5-7-30-34(29,33-12)31-9-18(22-23-20)15(27)14(26)16(32-18)24-6-4-13(25)21-17(24)28/h1-4,6,8,12,14-16,26-27H,5,7,9H2,(H,21,25,28)/t12-,14-,15+,16-,18-,34+/m1/s1. The Bertz CT molecular complexity index is 1280. The number of nitrogens with zero attached hydrogens (tertiary/aromatic N) is 4. The van der Waals surface area contributed by atoms with Crippen LogP contribution in [0.1, 0.15) is 24.3 Å². The Morgan fingerprint density at radius 1 is 1.38 bits per heavy atom. The van der Waals surface area contributed by atoms with Crippen LogP contribution >= 0.6 is 23.8 Å². The maximum absolute atomic E-state index is 13.1. The van der Waals surface area contributed by atoms with E-state index in [1.54, 1.807) is 18.2 Å². The Hall–Kier alpha value is -2.32. The summed E-state index contributed by atoms with van der Waals surface area (Å²) in [7, 11) is -4.21. The monoisotopic (exact) mass is 559 g/mol. The number of benzene rings is 1. The van der Waals surface area contributed by atoms with Crippen molar-refractivity contribution in [3.8, 4) is 0 Å². The van der Waals surface area contributed by atoms with Crippen molar-refractivity contribution in [2.24, 2.45) is 5.11 Å². The maximum Gasteiger partial charge on any atom is 0.475 e. The van der Waals surface area contributed by atoms with Crippen LogP contribution in [0.4, 0.5) is 0 Å². The molecule has 6 atom stereocenters. The molecule has 2 aliphatic heterocycles. The number of H-pyrrole nitrogens is 1. The predicted molar refractivity (Wildman–Crippen MR) is 117 cm³/mol. The van der Waals surface area contributed by atoms with Crippen LogP contribution in [0.3, 0.4) is 0 Å². The van der Waals surface area contributed by atoms with Gasteiger partial charge in [-0.15, -0.1) is 0 Å². The summed E-state index contributed by atoms with van der Waals surface area (Å²) in [6.07, 6.45) is -4.43. The molecule has 16 heteroatoms. The van der Waals surface area contributed by atoms with Gasteiger partial charge in [0.05, 0.1) is 19.3 Å². The lowest BCUT2D eigenvalue weighted by Crippen LogP contribution is -2.45. The van der Waals surface area contributed by atoms with Crippen LogP contribution < -0.4 is 11.2 Å². The Labute approximate surface area is 199 Å². The van der Waals surface area contributed by atoms with Gasteiger partial charge >= 0.3 is 13.5 Å². The summed E-state index contributed by atoms with van der Waals surface area (Å²) in [5.41, 5.74) is 5.84. The lowest BCUT2D eigenvalue weighted by molar-refractivity contribution is -0.127. The van der Waals surface area contributed by atoms with Crippen molar-refractivity contribution in [1.82, 2.24) is 9.55 Å². The summed E-state index contributed by atoms with van der Waals surface area (Å²) in [5, 5.41) is 24.5. The molecule has 2 saturated heterocycles. The van der Waals surface area contributed by atoms with E-state index in [4.69, 9.17) is 23.8 Å². The van der Waals surface area contributed by atoms with Gasteiger partial charge in [-0.1, -0.05) is 33.2 Å². The summed E-state index contributed by atoms with van der Waals surface area (Å²) < 4.78 is 36.4. The first-order valence-corrected chi connectivity index (χ1v) is 12.2. The molecule has 1 aromatic carbocycles. The van der Waals surface area contributed by atoms with Gasteiger partial charge in [0.1, 0.15) is 12.2 Å². The van der Waals surface area contributed by atoms with E-state index >= 15 is 0 Å². The van der Waals surface area contributed by atoms with Crippen molar-refractivity contribution >= 4 is 23.8 Å². The lowest BCUT2D eigenvalue weighted by atomic mass is 10.1. The van der Waals surface area contributed by atoms with Crippen molar-refractivity contribution in [2.75, 3.05) is 13.2 Å². The quantitative estimate of drug-likeness (QED) is 0.204. The first kappa shape index (κ1) is 24.8. The van der Waals surface area contributed by atoms with E-state index in [0.29, 0.717) is 6.42 Å². The molecule has 2 fully saturated rings. The molecule has 3 N–H and O–H groups in total. The molecule has 14 nitrogen and oxygen atoms in total. The van der Waals surface area contributed by atoms with Crippen molar-refractivity contribution in [1.29, 1.82) is 0 Å². The van der Waals surface area contributed by atoms with Crippen molar-refractivity contribution in [2.45, 2.75) is 36.7 Å². The molecule has 0 spiro atoms. The average molecular weight is 560 g/mol. The fraction of sp³-hybridized carbons (Fsp3) is 0.444. The number of rotatable bonds is 6. The fourth-order valence-electron chi connectivity index (χ4n) is 3.61. The number of aromatic amines is 1. The molecule has 2 aliphatic rings. The number of azide groups is 1. The molecule has 34 heavy (non-hydrogen) atoms. The molecule has 0 aliphatic carbocycles. The van der Waals surface area contributed by atoms with Gasteiger partial charge in [-0.2, -0.15) is 0 Å². The number of nitrogens with one attached hydrogen (secondary N) is 1.